The van der Waals surface area contributed by atoms with Crippen molar-refractivity contribution in [1.29, 1.82) is 0 Å². The molecule has 1 aromatic carbocycles. The van der Waals surface area contributed by atoms with Crippen LogP contribution in [0.4, 0.5) is 0 Å². The second-order valence-electron chi connectivity index (χ2n) is 2.89. The molecule has 1 heterocycles. The molecular weight excluding hydrogens is 196 g/mol. The minimum absolute atomic E-state index is 0.187. The van der Waals surface area contributed by atoms with Crippen LogP contribution in [0.3, 0.4) is 0 Å². The minimum atomic E-state index is -0.291. The smallest absolute Gasteiger partial charge is 0.331 e. The number of hydrogen-bond acceptors (Lipinski definition) is 4. The first-order valence-corrected chi connectivity index (χ1v) is 4.44. The zero-order valence-electron chi connectivity index (χ0n) is 7.97. The van der Waals surface area contributed by atoms with Crippen molar-refractivity contribution in [2.75, 3.05) is 6.61 Å². The van der Waals surface area contributed by atoms with E-state index in [4.69, 9.17) is 14.2 Å². The highest BCUT2D eigenvalue weighted by Crippen LogP contribution is 2.37. The number of fused-ring (bicyclic) bond motifs is 1. The van der Waals surface area contributed by atoms with E-state index in [1.165, 1.54) is 0 Å². The molecule has 0 amide bonds. The van der Waals surface area contributed by atoms with E-state index in [9.17, 15) is 5.11 Å². The highest BCUT2D eigenvalue weighted by Gasteiger charge is 2.15. The third kappa shape index (κ3) is 1.80. The Kier molecular flexibility index (Phi) is 2.60. The normalized spacial score (nSPS) is 10.4. The van der Waals surface area contributed by atoms with E-state index in [1.807, 2.05) is 6.07 Å². The lowest BCUT2D eigenvalue weighted by Gasteiger charge is -1.99. The fraction of sp³-hybridized carbons (Fsp3) is 0.0909. The lowest BCUT2D eigenvalue weighted by Crippen LogP contribution is -1.95. The number of rotatable bonds is 4. The lowest BCUT2D eigenvalue weighted by molar-refractivity contribution is -0.196. The molecule has 15 heavy (non-hydrogen) atoms. The third-order valence-electron chi connectivity index (χ3n) is 1.86. The minimum Gasteiger partial charge on any atom is -0.478 e. The van der Waals surface area contributed by atoms with E-state index in [-0.39, 0.29) is 18.3 Å². The monoisotopic (exact) mass is 206 g/mol. The molecule has 0 atom stereocenters. The topological polar surface area (TPSA) is 51.8 Å². The summed E-state index contributed by atoms with van der Waals surface area (Å²) in [6, 6.07) is 7.12. The van der Waals surface area contributed by atoms with Gasteiger partial charge in [0.2, 0.25) is 0 Å². The third-order valence-corrected chi connectivity index (χ3v) is 1.86. The molecule has 1 N–H and O–H groups in total. The maximum Gasteiger partial charge on any atom is 0.331 e. The van der Waals surface area contributed by atoms with Crippen LogP contribution >= 0.6 is 0 Å². The van der Waals surface area contributed by atoms with Crippen LogP contribution in [0.5, 0.6) is 11.7 Å². The Balaban J connectivity index is 2.32. The molecule has 78 valence electrons. The van der Waals surface area contributed by atoms with Gasteiger partial charge in [0.25, 0.3) is 5.75 Å². The van der Waals surface area contributed by atoms with Gasteiger partial charge in [-0.05, 0) is 12.1 Å². The average molecular weight is 206 g/mol. The molecule has 0 bridgehead atoms. The number of para-hydroxylation sites is 1. The van der Waals surface area contributed by atoms with Gasteiger partial charge in [0.15, 0.2) is 0 Å². The zero-order chi connectivity index (χ0) is 10.7. The molecule has 2 aromatic rings. The fourth-order valence-corrected chi connectivity index (χ4v) is 1.23. The Morgan fingerprint density at radius 2 is 2.20 bits per heavy atom. The maximum absolute atomic E-state index is 9.44. The van der Waals surface area contributed by atoms with Crippen LogP contribution in [-0.4, -0.2) is 11.7 Å². The van der Waals surface area contributed by atoms with Crippen LogP contribution in [0, 0.1) is 0 Å². The zero-order valence-corrected chi connectivity index (χ0v) is 7.97. The summed E-state index contributed by atoms with van der Waals surface area (Å²) in [6.45, 7) is 3.71. The highest BCUT2D eigenvalue weighted by atomic mass is 17.2. The molecule has 4 heteroatoms. The summed E-state index contributed by atoms with van der Waals surface area (Å²) in [6.07, 6.45) is 1.54. The molecule has 0 radical (unpaired) electrons. The average Bonchev–Trinajstić information content (AvgIpc) is 2.56. The summed E-state index contributed by atoms with van der Waals surface area (Å²) < 4.78 is 5.05. The summed E-state index contributed by atoms with van der Waals surface area (Å²) in [7, 11) is 0. The molecule has 0 aliphatic carbocycles. The van der Waals surface area contributed by atoms with Gasteiger partial charge in [0.1, 0.15) is 12.2 Å². The Morgan fingerprint density at radius 3 is 3.00 bits per heavy atom. The van der Waals surface area contributed by atoms with Crippen molar-refractivity contribution in [3.63, 3.8) is 0 Å². The predicted octanol–water partition coefficient (Wildman–Crippen LogP) is 2.63. The quantitative estimate of drug-likeness (QED) is 0.361. The van der Waals surface area contributed by atoms with Gasteiger partial charge in [-0.25, -0.2) is 0 Å². The predicted molar refractivity (Wildman–Crippen MR) is 54.7 cm³/mol. The summed E-state index contributed by atoms with van der Waals surface area (Å²) >= 11 is 0. The highest BCUT2D eigenvalue weighted by molar-refractivity contribution is 5.86. The molecular formula is C11H10O4. The van der Waals surface area contributed by atoms with E-state index >= 15 is 0 Å². The maximum atomic E-state index is 9.44. The fourth-order valence-electron chi connectivity index (χ4n) is 1.23. The SMILES string of the molecule is C=CCOOc1c(O)oc2ccccc12. The van der Waals surface area contributed by atoms with Crippen molar-refractivity contribution in [2.24, 2.45) is 0 Å². The molecule has 0 saturated carbocycles. The standard InChI is InChI=1S/C11H10O4/c1-2-7-13-15-10-8-5-3-4-6-9(8)14-11(10)12/h2-6,12H,1,7H2. The van der Waals surface area contributed by atoms with Crippen LogP contribution in [0.2, 0.25) is 0 Å². The van der Waals surface area contributed by atoms with E-state index in [2.05, 4.69) is 6.58 Å². The Morgan fingerprint density at radius 1 is 1.40 bits per heavy atom. The lowest BCUT2D eigenvalue weighted by atomic mass is 10.2. The molecule has 0 spiro atoms. The Bertz CT molecular complexity index is 472. The van der Waals surface area contributed by atoms with Crippen LogP contribution in [-0.2, 0) is 4.89 Å². The molecule has 0 fully saturated rings. The second kappa shape index (κ2) is 4.06. The van der Waals surface area contributed by atoms with Gasteiger partial charge < -0.3 is 14.4 Å². The van der Waals surface area contributed by atoms with Crippen LogP contribution < -0.4 is 4.89 Å². The van der Waals surface area contributed by atoms with Crippen molar-refractivity contribution >= 4 is 11.0 Å². The molecule has 0 saturated heterocycles. The van der Waals surface area contributed by atoms with Crippen LogP contribution in [0.15, 0.2) is 41.3 Å². The summed E-state index contributed by atoms with van der Waals surface area (Å²) in [5.74, 6) is -0.104. The first-order chi connectivity index (χ1) is 7.33. The van der Waals surface area contributed by atoms with Gasteiger partial charge in [-0.2, -0.15) is 4.89 Å². The van der Waals surface area contributed by atoms with Crippen molar-refractivity contribution in [1.82, 2.24) is 0 Å². The summed E-state index contributed by atoms with van der Waals surface area (Å²) in [5.41, 5.74) is 0.548. The Labute approximate surface area is 86.3 Å². The molecule has 2 rings (SSSR count). The van der Waals surface area contributed by atoms with E-state index in [0.29, 0.717) is 11.0 Å². The first-order valence-electron chi connectivity index (χ1n) is 4.44. The molecule has 0 aliphatic rings. The van der Waals surface area contributed by atoms with Crippen molar-refractivity contribution in [3.05, 3.63) is 36.9 Å². The van der Waals surface area contributed by atoms with Crippen LogP contribution in [0.1, 0.15) is 0 Å². The van der Waals surface area contributed by atoms with Crippen molar-refractivity contribution < 1.29 is 19.3 Å². The molecule has 0 aliphatic heterocycles. The van der Waals surface area contributed by atoms with E-state index in [0.717, 1.165) is 0 Å². The molecule has 0 unspecified atom stereocenters. The van der Waals surface area contributed by atoms with Gasteiger partial charge in [-0.15, -0.1) is 6.58 Å². The first kappa shape index (κ1) is 9.61. The van der Waals surface area contributed by atoms with Crippen molar-refractivity contribution in [2.45, 2.75) is 0 Å². The van der Waals surface area contributed by atoms with E-state index in [1.54, 1.807) is 24.3 Å². The number of hydrogen-bond donors (Lipinski definition) is 1. The largest absolute Gasteiger partial charge is 0.478 e. The van der Waals surface area contributed by atoms with Gasteiger partial charge in [-0.1, -0.05) is 18.2 Å². The van der Waals surface area contributed by atoms with Crippen molar-refractivity contribution in [3.8, 4) is 11.7 Å². The van der Waals surface area contributed by atoms with Gasteiger partial charge in [0, 0.05) is 0 Å². The number of benzene rings is 1. The van der Waals surface area contributed by atoms with Gasteiger partial charge >= 0.3 is 5.95 Å². The second-order valence-corrected chi connectivity index (χ2v) is 2.89. The number of aromatic hydroxyl groups is 1. The van der Waals surface area contributed by atoms with E-state index < -0.39 is 0 Å². The molecule has 4 nitrogen and oxygen atoms in total. The summed E-state index contributed by atoms with van der Waals surface area (Å²) in [5, 5.41) is 10.1. The Hall–Kier alpha value is -1.94. The van der Waals surface area contributed by atoms with Crippen LogP contribution in [0.25, 0.3) is 11.0 Å². The van der Waals surface area contributed by atoms with Gasteiger partial charge in [0.05, 0.1) is 5.39 Å². The van der Waals surface area contributed by atoms with Gasteiger partial charge in [-0.3, -0.25) is 0 Å². The molecule has 1 aromatic heterocycles. The summed E-state index contributed by atoms with van der Waals surface area (Å²) in [4.78, 5) is 9.69. The number of furan rings is 1.